The highest BCUT2D eigenvalue weighted by molar-refractivity contribution is 5.74. The van der Waals surface area contributed by atoms with Gasteiger partial charge in [-0.3, -0.25) is 9.69 Å². The summed E-state index contributed by atoms with van der Waals surface area (Å²) in [6.45, 7) is 7.52. The molecule has 0 radical (unpaired) electrons. The molecule has 2 rings (SSSR count). The van der Waals surface area contributed by atoms with Gasteiger partial charge in [-0.25, -0.2) is 0 Å². The predicted molar refractivity (Wildman–Crippen MR) is 82.2 cm³/mol. The Morgan fingerprint density at radius 1 is 1.43 bits per heavy atom. The Labute approximate surface area is 126 Å². The third kappa shape index (κ3) is 3.38. The number of benzene rings is 1. The molecule has 2 atom stereocenters. The van der Waals surface area contributed by atoms with Crippen molar-refractivity contribution >= 4 is 5.97 Å². The monoisotopic (exact) mass is 291 g/mol. The van der Waals surface area contributed by atoms with Gasteiger partial charge in [-0.1, -0.05) is 12.1 Å². The van der Waals surface area contributed by atoms with Crippen molar-refractivity contribution in [1.29, 1.82) is 0 Å². The maximum Gasteiger partial charge on any atom is 0.309 e. The minimum absolute atomic E-state index is 0.156. The van der Waals surface area contributed by atoms with Crippen LogP contribution in [-0.2, 0) is 4.79 Å². The minimum Gasteiger partial charge on any atom is -0.508 e. The van der Waals surface area contributed by atoms with Crippen molar-refractivity contribution in [2.75, 3.05) is 13.1 Å². The Bertz CT molecular complexity index is 513. The second-order valence-corrected chi connectivity index (χ2v) is 6.63. The van der Waals surface area contributed by atoms with Crippen molar-refractivity contribution in [2.45, 2.75) is 39.7 Å². The molecule has 1 aromatic rings. The van der Waals surface area contributed by atoms with E-state index in [0.29, 0.717) is 0 Å². The Morgan fingerprint density at radius 2 is 2.14 bits per heavy atom. The number of hydrogen-bond acceptors (Lipinski definition) is 3. The molecular weight excluding hydrogens is 266 g/mol. The van der Waals surface area contributed by atoms with Gasteiger partial charge in [-0.05, 0) is 63.8 Å². The zero-order valence-electron chi connectivity index (χ0n) is 13.0. The largest absolute Gasteiger partial charge is 0.508 e. The van der Waals surface area contributed by atoms with Crippen molar-refractivity contribution in [3.05, 3.63) is 29.8 Å². The van der Waals surface area contributed by atoms with E-state index >= 15 is 0 Å². The lowest BCUT2D eigenvalue weighted by Gasteiger charge is -2.41. The quantitative estimate of drug-likeness (QED) is 0.893. The summed E-state index contributed by atoms with van der Waals surface area (Å²) in [6.07, 6.45) is 1.98. The second-order valence-electron chi connectivity index (χ2n) is 6.63. The van der Waals surface area contributed by atoms with E-state index in [1.54, 1.807) is 12.1 Å². The maximum absolute atomic E-state index is 11.5. The minimum atomic E-state index is -0.723. The lowest BCUT2D eigenvalue weighted by molar-refractivity contribution is -0.151. The molecular formula is C17H25NO3. The molecule has 0 spiro atoms. The first-order chi connectivity index (χ1) is 9.82. The molecule has 4 nitrogen and oxygen atoms in total. The first-order valence-electron chi connectivity index (χ1n) is 7.58. The van der Waals surface area contributed by atoms with Crippen molar-refractivity contribution in [2.24, 2.45) is 11.3 Å². The number of hydrogen-bond donors (Lipinski definition) is 2. The number of phenolic OH excluding ortho intramolecular Hbond substituents is 1. The summed E-state index contributed by atoms with van der Waals surface area (Å²) in [5.74, 6) is -0.290. The molecule has 1 aliphatic rings. The smallest absolute Gasteiger partial charge is 0.309 e. The van der Waals surface area contributed by atoms with E-state index in [2.05, 4.69) is 11.8 Å². The van der Waals surface area contributed by atoms with Crippen LogP contribution in [0, 0.1) is 11.3 Å². The van der Waals surface area contributed by atoms with Crippen LogP contribution in [0.15, 0.2) is 24.3 Å². The van der Waals surface area contributed by atoms with Gasteiger partial charge >= 0.3 is 5.97 Å². The van der Waals surface area contributed by atoms with Gasteiger partial charge in [0, 0.05) is 12.6 Å². The summed E-state index contributed by atoms with van der Waals surface area (Å²) in [7, 11) is 0. The molecule has 1 saturated heterocycles. The van der Waals surface area contributed by atoms with Crippen molar-refractivity contribution in [1.82, 2.24) is 4.90 Å². The number of piperidine rings is 1. The van der Waals surface area contributed by atoms with Crippen molar-refractivity contribution in [3.63, 3.8) is 0 Å². The number of carboxylic acid groups (broad SMARTS) is 1. The van der Waals surface area contributed by atoms with Crippen LogP contribution >= 0.6 is 0 Å². The van der Waals surface area contributed by atoms with Gasteiger partial charge in [-0.15, -0.1) is 0 Å². The molecule has 0 aromatic heterocycles. The van der Waals surface area contributed by atoms with Gasteiger partial charge in [0.05, 0.1) is 5.41 Å². The molecule has 116 valence electrons. The number of likely N-dealkylation sites (tertiary alicyclic amines) is 1. The predicted octanol–water partition coefficient (Wildman–Crippen LogP) is 3.28. The molecule has 1 fully saturated rings. The fourth-order valence-corrected chi connectivity index (χ4v) is 3.12. The van der Waals surface area contributed by atoms with Gasteiger partial charge in [-0.2, -0.15) is 0 Å². The molecule has 21 heavy (non-hydrogen) atoms. The Morgan fingerprint density at radius 3 is 2.76 bits per heavy atom. The molecule has 0 bridgehead atoms. The van der Waals surface area contributed by atoms with Gasteiger partial charge in [0.2, 0.25) is 0 Å². The maximum atomic E-state index is 11.5. The van der Waals surface area contributed by atoms with Gasteiger partial charge in [0.25, 0.3) is 0 Å². The molecule has 2 N–H and O–H groups in total. The van der Waals surface area contributed by atoms with Gasteiger partial charge in [0.15, 0.2) is 0 Å². The Balaban J connectivity index is 2.12. The van der Waals surface area contributed by atoms with Crippen molar-refractivity contribution < 1.29 is 15.0 Å². The molecule has 1 aliphatic heterocycles. The molecule has 1 aromatic carbocycles. The number of nitrogens with zero attached hydrogens (tertiary/aromatic N) is 1. The summed E-state index contributed by atoms with van der Waals surface area (Å²) in [5.41, 5.74) is 0.376. The number of phenols is 1. The highest BCUT2D eigenvalue weighted by Crippen LogP contribution is 2.37. The standard InChI is InChI=1S/C17H25NO3/c1-12(13-6-4-8-15(19)10-13)18-9-5-7-14(11-18)17(2,3)16(20)21/h4,6,8,10,12,14,19H,5,7,9,11H2,1-3H3,(H,20,21). The summed E-state index contributed by atoms with van der Waals surface area (Å²) in [4.78, 5) is 13.8. The van der Waals surface area contributed by atoms with Crippen LogP contribution in [0.5, 0.6) is 5.75 Å². The lowest BCUT2D eigenvalue weighted by atomic mass is 9.74. The topological polar surface area (TPSA) is 60.8 Å². The highest BCUT2D eigenvalue weighted by atomic mass is 16.4. The molecule has 4 heteroatoms. The first-order valence-corrected chi connectivity index (χ1v) is 7.58. The van der Waals surface area contributed by atoms with E-state index in [0.717, 1.165) is 31.5 Å². The van der Waals surface area contributed by atoms with E-state index in [1.807, 2.05) is 26.0 Å². The normalized spacial score (nSPS) is 22.0. The summed E-state index contributed by atoms with van der Waals surface area (Å²) in [5, 5.41) is 19.0. The van der Waals surface area contributed by atoms with Crippen LogP contribution in [0.25, 0.3) is 0 Å². The van der Waals surface area contributed by atoms with Gasteiger partial charge < -0.3 is 10.2 Å². The number of aliphatic carboxylic acids is 1. The Hall–Kier alpha value is -1.55. The average molecular weight is 291 g/mol. The molecule has 0 amide bonds. The fourth-order valence-electron chi connectivity index (χ4n) is 3.12. The number of carbonyl (C=O) groups is 1. The van der Waals surface area contributed by atoms with E-state index < -0.39 is 11.4 Å². The van der Waals surface area contributed by atoms with Crippen LogP contribution in [-0.4, -0.2) is 34.2 Å². The summed E-state index contributed by atoms with van der Waals surface area (Å²) in [6, 6.07) is 7.50. The Kier molecular flexibility index (Phi) is 4.57. The van der Waals surface area contributed by atoms with E-state index in [9.17, 15) is 15.0 Å². The van der Waals surface area contributed by atoms with Crippen molar-refractivity contribution in [3.8, 4) is 5.75 Å². The van der Waals surface area contributed by atoms with Crippen LogP contribution in [0.2, 0.25) is 0 Å². The fraction of sp³-hybridized carbons (Fsp3) is 0.588. The summed E-state index contributed by atoms with van der Waals surface area (Å²) < 4.78 is 0. The lowest BCUT2D eigenvalue weighted by Crippen LogP contribution is -2.45. The molecule has 2 unspecified atom stereocenters. The summed E-state index contributed by atoms with van der Waals surface area (Å²) >= 11 is 0. The SMILES string of the molecule is CC(c1cccc(O)c1)N1CCCC(C(C)(C)C(=O)O)C1. The van der Waals surface area contributed by atoms with Crippen LogP contribution in [0.4, 0.5) is 0 Å². The third-order valence-electron chi connectivity index (χ3n) is 4.92. The second kappa shape index (κ2) is 6.06. The van der Waals surface area contributed by atoms with Crippen LogP contribution in [0.3, 0.4) is 0 Å². The number of carboxylic acids is 1. The van der Waals surface area contributed by atoms with E-state index in [-0.39, 0.29) is 17.7 Å². The zero-order valence-corrected chi connectivity index (χ0v) is 13.0. The number of aromatic hydroxyl groups is 1. The van der Waals surface area contributed by atoms with Gasteiger partial charge in [0.1, 0.15) is 5.75 Å². The highest BCUT2D eigenvalue weighted by Gasteiger charge is 2.39. The molecule has 1 heterocycles. The third-order valence-corrected chi connectivity index (χ3v) is 4.92. The first kappa shape index (κ1) is 15.8. The molecule has 0 aliphatic carbocycles. The van der Waals surface area contributed by atoms with E-state index in [4.69, 9.17) is 0 Å². The molecule has 0 saturated carbocycles. The van der Waals surface area contributed by atoms with E-state index in [1.165, 1.54) is 0 Å². The zero-order chi connectivity index (χ0) is 15.6. The average Bonchev–Trinajstić information content (AvgIpc) is 2.46. The number of rotatable bonds is 4. The van der Waals surface area contributed by atoms with Crippen LogP contribution < -0.4 is 0 Å². The van der Waals surface area contributed by atoms with Crippen LogP contribution in [0.1, 0.15) is 45.2 Å².